The Morgan fingerprint density at radius 1 is 1.30 bits per heavy atom. The number of morpholine rings is 1. The number of sulfonamides is 1. The van der Waals surface area contributed by atoms with E-state index in [1.165, 1.54) is 4.31 Å². The molecule has 0 aliphatic carbocycles. The molecule has 1 saturated heterocycles. The molecule has 2 rings (SSSR count). The third-order valence-corrected chi connectivity index (χ3v) is 5.25. The zero-order valence-electron chi connectivity index (χ0n) is 12.0. The van der Waals surface area contributed by atoms with E-state index < -0.39 is 21.7 Å². The molecule has 0 bridgehead atoms. The van der Waals surface area contributed by atoms with Crippen molar-refractivity contribution in [2.45, 2.75) is 37.4 Å². The summed E-state index contributed by atoms with van der Waals surface area (Å²) in [6.45, 7) is 6.51. The molecule has 1 aromatic carbocycles. The van der Waals surface area contributed by atoms with Crippen molar-refractivity contribution in [3.63, 3.8) is 0 Å². The minimum absolute atomic E-state index is 0.250. The van der Waals surface area contributed by atoms with Gasteiger partial charge in [0.05, 0.1) is 23.2 Å². The van der Waals surface area contributed by atoms with Crippen molar-refractivity contribution >= 4 is 10.0 Å². The van der Waals surface area contributed by atoms with E-state index in [4.69, 9.17) is 4.74 Å². The Morgan fingerprint density at radius 3 is 2.40 bits per heavy atom. The predicted molar refractivity (Wildman–Crippen MR) is 75.9 cm³/mol. The van der Waals surface area contributed by atoms with E-state index in [9.17, 15) is 13.5 Å². The SMILES string of the molecule is CC(O)c1ccc(S(=O)(=O)N2CCOC(C)(C)C2)cc1. The molecule has 1 heterocycles. The molecule has 0 radical (unpaired) electrons. The van der Waals surface area contributed by atoms with Crippen LogP contribution < -0.4 is 0 Å². The fourth-order valence-corrected chi connectivity index (χ4v) is 3.82. The molecule has 5 nitrogen and oxygen atoms in total. The number of hydrogen-bond donors (Lipinski definition) is 1. The molecular weight excluding hydrogens is 278 g/mol. The number of benzene rings is 1. The number of rotatable bonds is 3. The topological polar surface area (TPSA) is 66.8 Å². The minimum Gasteiger partial charge on any atom is -0.389 e. The Labute approximate surface area is 120 Å². The zero-order chi connectivity index (χ0) is 15.0. The summed E-state index contributed by atoms with van der Waals surface area (Å²) < 4.78 is 32.1. The van der Waals surface area contributed by atoms with Gasteiger partial charge in [-0.3, -0.25) is 0 Å². The molecule has 1 aromatic rings. The van der Waals surface area contributed by atoms with Crippen LogP contribution in [0, 0.1) is 0 Å². The van der Waals surface area contributed by atoms with Crippen molar-refractivity contribution in [3.8, 4) is 0 Å². The quantitative estimate of drug-likeness (QED) is 0.919. The number of hydrogen-bond acceptors (Lipinski definition) is 4. The van der Waals surface area contributed by atoms with Gasteiger partial charge in [0.1, 0.15) is 0 Å². The lowest BCUT2D eigenvalue weighted by molar-refractivity contribution is -0.0640. The Bertz CT molecular complexity index is 563. The third kappa shape index (κ3) is 3.20. The van der Waals surface area contributed by atoms with E-state index in [0.29, 0.717) is 25.3 Å². The van der Waals surface area contributed by atoms with Crippen LogP contribution in [0.25, 0.3) is 0 Å². The highest BCUT2D eigenvalue weighted by atomic mass is 32.2. The van der Waals surface area contributed by atoms with Crippen molar-refractivity contribution in [1.29, 1.82) is 0 Å². The van der Waals surface area contributed by atoms with Gasteiger partial charge < -0.3 is 9.84 Å². The van der Waals surface area contributed by atoms with Gasteiger partial charge in [-0.1, -0.05) is 12.1 Å². The van der Waals surface area contributed by atoms with Crippen molar-refractivity contribution in [1.82, 2.24) is 4.31 Å². The van der Waals surface area contributed by atoms with Gasteiger partial charge in [0, 0.05) is 13.1 Å². The first kappa shape index (κ1) is 15.4. The van der Waals surface area contributed by atoms with Gasteiger partial charge in [0.15, 0.2) is 0 Å². The highest BCUT2D eigenvalue weighted by Crippen LogP contribution is 2.24. The van der Waals surface area contributed by atoms with Gasteiger partial charge in [-0.15, -0.1) is 0 Å². The number of nitrogens with zero attached hydrogens (tertiary/aromatic N) is 1. The smallest absolute Gasteiger partial charge is 0.243 e. The first-order valence-corrected chi connectivity index (χ1v) is 8.08. The fourth-order valence-electron chi connectivity index (χ4n) is 2.25. The van der Waals surface area contributed by atoms with Crippen molar-refractivity contribution in [2.24, 2.45) is 0 Å². The van der Waals surface area contributed by atoms with Crippen LogP contribution in [-0.4, -0.2) is 43.1 Å². The Morgan fingerprint density at radius 2 is 1.90 bits per heavy atom. The van der Waals surface area contributed by atoms with E-state index >= 15 is 0 Å². The molecule has 1 unspecified atom stereocenters. The molecule has 1 aliphatic heterocycles. The van der Waals surface area contributed by atoms with Gasteiger partial charge in [-0.05, 0) is 38.5 Å². The summed E-state index contributed by atoms with van der Waals surface area (Å²) in [4.78, 5) is 0.250. The molecule has 1 aliphatic rings. The molecule has 20 heavy (non-hydrogen) atoms. The Kier molecular flexibility index (Phi) is 4.20. The first-order valence-electron chi connectivity index (χ1n) is 6.64. The highest BCUT2D eigenvalue weighted by molar-refractivity contribution is 7.89. The third-order valence-electron chi connectivity index (χ3n) is 3.39. The summed E-state index contributed by atoms with van der Waals surface area (Å²) in [6.07, 6.45) is -0.603. The average molecular weight is 299 g/mol. The summed E-state index contributed by atoms with van der Waals surface area (Å²) in [5.41, 5.74) is 0.233. The monoisotopic (exact) mass is 299 g/mol. The molecule has 112 valence electrons. The van der Waals surface area contributed by atoms with E-state index in [2.05, 4.69) is 0 Å². The van der Waals surface area contributed by atoms with Crippen molar-refractivity contribution < 1.29 is 18.3 Å². The number of ether oxygens (including phenoxy) is 1. The highest BCUT2D eigenvalue weighted by Gasteiger charge is 2.34. The van der Waals surface area contributed by atoms with Crippen LogP contribution in [0.5, 0.6) is 0 Å². The molecule has 1 N–H and O–H groups in total. The standard InChI is InChI=1S/C14H21NO4S/c1-11(16)12-4-6-13(7-5-12)20(17,18)15-8-9-19-14(2,3)10-15/h4-7,11,16H,8-10H2,1-3H3. The fraction of sp³-hybridized carbons (Fsp3) is 0.571. The van der Waals surface area contributed by atoms with Crippen LogP contribution in [-0.2, 0) is 14.8 Å². The van der Waals surface area contributed by atoms with Crippen LogP contribution >= 0.6 is 0 Å². The summed E-state index contributed by atoms with van der Waals surface area (Å²) in [5, 5.41) is 9.46. The van der Waals surface area contributed by atoms with E-state index in [-0.39, 0.29) is 4.90 Å². The molecular formula is C14H21NO4S. The van der Waals surface area contributed by atoms with Gasteiger partial charge >= 0.3 is 0 Å². The van der Waals surface area contributed by atoms with Crippen molar-refractivity contribution in [2.75, 3.05) is 19.7 Å². The molecule has 0 spiro atoms. The molecule has 1 fully saturated rings. The molecule has 1 atom stereocenters. The Hall–Kier alpha value is -0.950. The normalized spacial score (nSPS) is 21.6. The summed E-state index contributed by atoms with van der Waals surface area (Å²) in [6, 6.07) is 6.37. The maximum atomic E-state index is 12.6. The summed E-state index contributed by atoms with van der Waals surface area (Å²) >= 11 is 0. The zero-order valence-corrected chi connectivity index (χ0v) is 12.9. The lowest BCUT2D eigenvalue weighted by Crippen LogP contribution is -2.50. The van der Waals surface area contributed by atoms with E-state index in [1.807, 2.05) is 13.8 Å². The van der Waals surface area contributed by atoms with Crippen LogP contribution in [0.1, 0.15) is 32.4 Å². The van der Waals surface area contributed by atoms with Crippen molar-refractivity contribution in [3.05, 3.63) is 29.8 Å². The summed E-state index contributed by atoms with van der Waals surface area (Å²) in [7, 11) is -3.50. The largest absolute Gasteiger partial charge is 0.389 e. The van der Waals surface area contributed by atoms with Gasteiger partial charge in [-0.2, -0.15) is 4.31 Å². The van der Waals surface area contributed by atoms with Gasteiger partial charge in [-0.25, -0.2) is 8.42 Å². The van der Waals surface area contributed by atoms with Crippen LogP contribution in [0.15, 0.2) is 29.2 Å². The number of aliphatic hydroxyl groups is 1. The van der Waals surface area contributed by atoms with Crippen LogP contribution in [0.4, 0.5) is 0 Å². The predicted octanol–water partition coefficient (Wildman–Crippen LogP) is 1.54. The molecule has 6 heteroatoms. The molecule has 0 aromatic heterocycles. The van der Waals surface area contributed by atoms with Crippen LogP contribution in [0.3, 0.4) is 0 Å². The van der Waals surface area contributed by atoms with Crippen LogP contribution in [0.2, 0.25) is 0 Å². The Balaban J connectivity index is 2.26. The molecule has 0 saturated carbocycles. The maximum Gasteiger partial charge on any atom is 0.243 e. The van der Waals surface area contributed by atoms with E-state index in [0.717, 1.165) is 0 Å². The second-order valence-corrected chi connectivity index (χ2v) is 7.63. The van der Waals surface area contributed by atoms with Gasteiger partial charge in [0.25, 0.3) is 0 Å². The molecule has 0 amide bonds. The van der Waals surface area contributed by atoms with Gasteiger partial charge in [0.2, 0.25) is 10.0 Å². The maximum absolute atomic E-state index is 12.6. The number of aliphatic hydroxyl groups excluding tert-OH is 1. The summed E-state index contributed by atoms with van der Waals surface area (Å²) in [5.74, 6) is 0. The first-order chi connectivity index (χ1) is 9.22. The second-order valence-electron chi connectivity index (χ2n) is 5.69. The average Bonchev–Trinajstić information content (AvgIpc) is 2.37. The minimum atomic E-state index is -3.50. The van der Waals surface area contributed by atoms with E-state index in [1.54, 1.807) is 31.2 Å². The lowest BCUT2D eigenvalue weighted by atomic mass is 10.1. The lowest BCUT2D eigenvalue weighted by Gasteiger charge is -2.37. The second kappa shape index (κ2) is 5.44.